The average molecular weight is 264 g/mol. The van der Waals surface area contributed by atoms with Gasteiger partial charge in [0.15, 0.2) is 0 Å². The monoisotopic (exact) mass is 263 g/mol. The maximum atomic E-state index is 11.4. The predicted molar refractivity (Wildman–Crippen MR) is 71.9 cm³/mol. The van der Waals surface area contributed by atoms with Gasteiger partial charge in [-0.1, -0.05) is 17.7 Å². The van der Waals surface area contributed by atoms with Crippen molar-refractivity contribution in [2.24, 2.45) is 0 Å². The van der Waals surface area contributed by atoms with Crippen molar-refractivity contribution < 1.29 is 4.79 Å². The first-order valence-corrected chi connectivity index (χ1v) is 6.39. The van der Waals surface area contributed by atoms with Crippen molar-refractivity contribution in [3.8, 4) is 0 Å². The van der Waals surface area contributed by atoms with E-state index in [2.05, 4.69) is 9.88 Å². The van der Waals surface area contributed by atoms with E-state index in [1.165, 1.54) is 0 Å². The van der Waals surface area contributed by atoms with Crippen molar-refractivity contribution in [2.75, 3.05) is 19.6 Å². The second-order valence-electron chi connectivity index (χ2n) is 4.40. The van der Waals surface area contributed by atoms with Crippen LogP contribution in [0.25, 0.3) is 10.9 Å². The van der Waals surface area contributed by atoms with Crippen LogP contribution in [0.4, 0.5) is 4.79 Å². The lowest BCUT2D eigenvalue weighted by Crippen LogP contribution is -2.31. The van der Waals surface area contributed by atoms with Gasteiger partial charge in [0.1, 0.15) is 0 Å². The molecule has 1 saturated heterocycles. The van der Waals surface area contributed by atoms with Crippen LogP contribution < -0.4 is 5.32 Å². The Morgan fingerprint density at radius 1 is 1.28 bits per heavy atom. The van der Waals surface area contributed by atoms with Crippen LogP contribution in [0.3, 0.4) is 0 Å². The predicted octanol–water partition coefficient (Wildman–Crippen LogP) is 2.32. The van der Waals surface area contributed by atoms with Crippen molar-refractivity contribution >= 4 is 28.5 Å². The summed E-state index contributed by atoms with van der Waals surface area (Å²) in [5, 5.41) is 4.63. The standard InChI is InChI=1S/C13H14ClN3O/c14-11-2-1-3-12-10(11)4-6-16(12)8-9-17-7-5-15-13(17)18/h1-4,6H,5,7-9H2,(H,15,18). The number of urea groups is 1. The van der Waals surface area contributed by atoms with E-state index in [4.69, 9.17) is 11.6 Å². The number of rotatable bonds is 3. The van der Waals surface area contributed by atoms with E-state index >= 15 is 0 Å². The number of hydrogen-bond acceptors (Lipinski definition) is 1. The fourth-order valence-electron chi connectivity index (χ4n) is 2.33. The highest BCUT2D eigenvalue weighted by Crippen LogP contribution is 2.24. The van der Waals surface area contributed by atoms with Crippen LogP contribution in [0.5, 0.6) is 0 Å². The molecule has 1 aliphatic rings. The first-order chi connectivity index (χ1) is 8.75. The van der Waals surface area contributed by atoms with Crippen LogP contribution in [0, 0.1) is 0 Å². The number of aromatic nitrogens is 1. The minimum Gasteiger partial charge on any atom is -0.346 e. The zero-order chi connectivity index (χ0) is 12.5. The van der Waals surface area contributed by atoms with E-state index in [1.807, 2.05) is 35.4 Å². The van der Waals surface area contributed by atoms with Gasteiger partial charge in [-0.2, -0.15) is 0 Å². The molecule has 1 aromatic carbocycles. The summed E-state index contributed by atoms with van der Waals surface area (Å²) in [4.78, 5) is 13.3. The third-order valence-electron chi connectivity index (χ3n) is 3.32. The molecule has 2 heterocycles. The average Bonchev–Trinajstić information content (AvgIpc) is 2.94. The maximum Gasteiger partial charge on any atom is 0.317 e. The van der Waals surface area contributed by atoms with Crippen LogP contribution in [-0.2, 0) is 6.54 Å². The van der Waals surface area contributed by atoms with Gasteiger partial charge in [-0.15, -0.1) is 0 Å². The summed E-state index contributed by atoms with van der Waals surface area (Å²) in [6.45, 7) is 3.05. The number of amides is 2. The Morgan fingerprint density at radius 3 is 2.94 bits per heavy atom. The molecule has 0 aliphatic carbocycles. The number of benzene rings is 1. The van der Waals surface area contributed by atoms with Crippen molar-refractivity contribution in [3.05, 3.63) is 35.5 Å². The lowest BCUT2D eigenvalue weighted by molar-refractivity contribution is 0.216. The molecule has 2 aromatic rings. The zero-order valence-corrected chi connectivity index (χ0v) is 10.7. The molecule has 0 atom stereocenters. The number of hydrogen-bond donors (Lipinski definition) is 1. The molecule has 0 radical (unpaired) electrons. The summed E-state index contributed by atoms with van der Waals surface area (Å²) in [7, 11) is 0. The largest absolute Gasteiger partial charge is 0.346 e. The Labute approximate surface area is 110 Å². The van der Waals surface area contributed by atoms with Crippen molar-refractivity contribution in [2.45, 2.75) is 6.54 Å². The number of nitrogens with zero attached hydrogens (tertiary/aromatic N) is 2. The van der Waals surface area contributed by atoms with Gasteiger partial charge in [0.2, 0.25) is 0 Å². The van der Waals surface area contributed by atoms with E-state index in [0.717, 1.165) is 42.1 Å². The molecule has 1 aromatic heterocycles. The topological polar surface area (TPSA) is 37.3 Å². The van der Waals surface area contributed by atoms with Crippen molar-refractivity contribution in [1.29, 1.82) is 0 Å². The molecule has 4 nitrogen and oxygen atoms in total. The van der Waals surface area contributed by atoms with Crippen LogP contribution in [0.15, 0.2) is 30.5 Å². The smallest absolute Gasteiger partial charge is 0.317 e. The first-order valence-electron chi connectivity index (χ1n) is 6.02. The summed E-state index contributed by atoms with van der Waals surface area (Å²) in [5.74, 6) is 0. The second-order valence-corrected chi connectivity index (χ2v) is 4.81. The Bertz CT molecular complexity index is 593. The third kappa shape index (κ3) is 1.93. The summed E-state index contributed by atoms with van der Waals surface area (Å²) < 4.78 is 2.13. The lowest BCUT2D eigenvalue weighted by atomic mass is 10.2. The van der Waals surface area contributed by atoms with E-state index in [9.17, 15) is 4.79 Å². The van der Waals surface area contributed by atoms with Gasteiger partial charge in [-0.05, 0) is 18.2 Å². The summed E-state index contributed by atoms with van der Waals surface area (Å²) >= 11 is 6.13. The Kier molecular flexibility index (Phi) is 2.88. The molecule has 1 fully saturated rings. The molecular weight excluding hydrogens is 250 g/mol. The first kappa shape index (κ1) is 11.4. The van der Waals surface area contributed by atoms with E-state index in [0.29, 0.717) is 0 Å². The molecule has 0 bridgehead atoms. The van der Waals surface area contributed by atoms with E-state index < -0.39 is 0 Å². The van der Waals surface area contributed by atoms with Crippen LogP contribution in [-0.4, -0.2) is 35.1 Å². The highest BCUT2D eigenvalue weighted by Gasteiger charge is 2.18. The lowest BCUT2D eigenvalue weighted by Gasteiger charge is -2.14. The molecule has 0 spiro atoms. The fraction of sp³-hybridized carbons (Fsp3) is 0.308. The van der Waals surface area contributed by atoms with Gasteiger partial charge in [-0.25, -0.2) is 4.79 Å². The van der Waals surface area contributed by atoms with Gasteiger partial charge in [0, 0.05) is 48.3 Å². The van der Waals surface area contributed by atoms with Crippen molar-refractivity contribution in [1.82, 2.24) is 14.8 Å². The molecule has 0 unspecified atom stereocenters. The van der Waals surface area contributed by atoms with Gasteiger partial charge in [0.25, 0.3) is 0 Å². The number of fused-ring (bicyclic) bond motifs is 1. The fourth-order valence-corrected chi connectivity index (χ4v) is 2.57. The molecule has 0 saturated carbocycles. The zero-order valence-electron chi connectivity index (χ0n) is 9.90. The molecule has 18 heavy (non-hydrogen) atoms. The molecule has 1 aliphatic heterocycles. The van der Waals surface area contributed by atoms with Gasteiger partial charge in [-0.3, -0.25) is 0 Å². The quantitative estimate of drug-likeness (QED) is 0.907. The summed E-state index contributed by atoms with van der Waals surface area (Å²) in [6, 6.07) is 7.93. The SMILES string of the molecule is O=C1NCCN1CCn1ccc2c(Cl)cccc21. The number of carbonyl (C=O) groups excluding carboxylic acids is 1. The van der Waals surface area contributed by atoms with Gasteiger partial charge >= 0.3 is 6.03 Å². The Hall–Kier alpha value is -1.68. The minimum atomic E-state index is 0.0319. The molecule has 3 rings (SSSR count). The molecular formula is C13H14ClN3O. The third-order valence-corrected chi connectivity index (χ3v) is 3.65. The van der Waals surface area contributed by atoms with Gasteiger partial charge in [0.05, 0.1) is 0 Å². The van der Waals surface area contributed by atoms with E-state index in [1.54, 1.807) is 0 Å². The molecule has 94 valence electrons. The maximum absolute atomic E-state index is 11.4. The number of carbonyl (C=O) groups is 1. The molecule has 1 N–H and O–H groups in total. The van der Waals surface area contributed by atoms with E-state index in [-0.39, 0.29) is 6.03 Å². The minimum absolute atomic E-state index is 0.0319. The Morgan fingerprint density at radius 2 is 2.17 bits per heavy atom. The van der Waals surface area contributed by atoms with Crippen LogP contribution in [0.2, 0.25) is 5.02 Å². The highest BCUT2D eigenvalue weighted by atomic mass is 35.5. The normalized spacial score (nSPS) is 15.4. The number of nitrogens with one attached hydrogen (secondary N) is 1. The molecule has 5 heteroatoms. The van der Waals surface area contributed by atoms with Crippen LogP contribution in [0.1, 0.15) is 0 Å². The second kappa shape index (κ2) is 4.53. The molecule has 2 amide bonds. The van der Waals surface area contributed by atoms with Crippen molar-refractivity contribution in [3.63, 3.8) is 0 Å². The summed E-state index contributed by atoms with van der Waals surface area (Å²) in [5.41, 5.74) is 1.11. The Balaban J connectivity index is 1.79. The van der Waals surface area contributed by atoms with Crippen LogP contribution >= 0.6 is 11.6 Å². The summed E-state index contributed by atoms with van der Waals surface area (Å²) in [6.07, 6.45) is 2.02. The number of halogens is 1. The highest BCUT2D eigenvalue weighted by molar-refractivity contribution is 6.35. The van der Waals surface area contributed by atoms with Gasteiger partial charge < -0.3 is 14.8 Å².